The van der Waals surface area contributed by atoms with Gasteiger partial charge in [0.2, 0.25) is 0 Å². The number of allylic oxidation sites excluding steroid dienone is 2. The molecule has 0 fully saturated rings. The lowest BCUT2D eigenvalue weighted by Gasteiger charge is -2.28. The Bertz CT molecular complexity index is 175. The maximum absolute atomic E-state index is 5.87. The molecular weight excluding hydrogens is 220 g/mol. The van der Waals surface area contributed by atoms with Gasteiger partial charge in [0.1, 0.15) is 0 Å². The van der Waals surface area contributed by atoms with Crippen LogP contribution >= 0.6 is 0 Å². The maximum atomic E-state index is 5.87. The molecule has 0 saturated carbocycles. The Morgan fingerprint density at radius 3 is 1.88 bits per heavy atom. The second-order valence-corrected chi connectivity index (χ2v) is 6.23. The summed E-state index contributed by atoms with van der Waals surface area (Å²) in [5.41, 5.74) is 0. The zero-order chi connectivity index (χ0) is 12.3. The van der Waals surface area contributed by atoms with Crippen LogP contribution in [0.2, 0.25) is 6.04 Å². The lowest BCUT2D eigenvalue weighted by molar-refractivity contribution is 0.0659. The van der Waals surface area contributed by atoms with Crippen molar-refractivity contribution in [3.63, 3.8) is 0 Å². The van der Waals surface area contributed by atoms with E-state index in [2.05, 4.69) is 19.9 Å². The zero-order valence-electron chi connectivity index (χ0n) is 11.1. The first-order valence-corrected chi connectivity index (χ1v) is 8.20. The van der Waals surface area contributed by atoms with E-state index in [4.69, 9.17) is 13.3 Å². The summed E-state index contributed by atoms with van der Waals surface area (Å²) in [6.45, 7) is 10.3. The molecule has 0 spiro atoms. The molecule has 0 heterocycles. The highest BCUT2D eigenvalue weighted by atomic mass is 28.4. The minimum absolute atomic E-state index is 0.650. The van der Waals surface area contributed by atoms with Gasteiger partial charge in [-0.2, -0.15) is 0 Å². The van der Waals surface area contributed by atoms with Crippen LogP contribution in [0.5, 0.6) is 0 Å². The molecule has 0 atom stereocenters. The van der Waals surface area contributed by atoms with E-state index in [-0.39, 0.29) is 0 Å². The van der Waals surface area contributed by atoms with Gasteiger partial charge in [-0.1, -0.05) is 26.0 Å². The third-order valence-electron chi connectivity index (χ3n) is 2.02. The minimum Gasteiger partial charge on any atom is -0.374 e. The first-order chi connectivity index (χ1) is 7.74. The Morgan fingerprint density at radius 1 is 0.938 bits per heavy atom. The summed E-state index contributed by atoms with van der Waals surface area (Å²) in [5.74, 6) is 0. The third-order valence-corrected chi connectivity index (χ3v) is 4.77. The normalized spacial score (nSPS) is 12.5. The first kappa shape index (κ1) is 15.8. The van der Waals surface area contributed by atoms with Crippen LogP contribution in [0, 0.1) is 0 Å². The van der Waals surface area contributed by atoms with Crippen molar-refractivity contribution in [3.8, 4) is 0 Å². The van der Waals surface area contributed by atoms with Gasteiger partial charge < -0.3 is 13.3 Å². The van der Waals surface area contributed by atoms with Crippen LogP contribution in [0.1, 0.15) is 40.5 Å². The fourth-order valence-electron chi connectivity index (χ4n) is 1.30. The van der Waals surface area contributed by atoms with E-state index in [1.54, 1.807) is 0 Å². The SMILES string of the molecule is CC=CC[Si](OCC)(OCCC)OCCC. The van der Waals surface area contributed by atoms with Crippen LogP contribution in [0.25, 0.3) is 0 Å². The predicted octanol–water partition coefficient (Wildman–Crippen LogP) is 3.39. The van der Waals surface area contributed by atoms with Crippen LogP contribution in [-0.4, -0.2) is 28.6 Å². The summed E-state index contributed by atoms with van der Waals surface area (Å²) >= 11 is 0. The molecule has 3 nitrogen and oxygen atoms in total. The van der Waals surface area contributed by atoms with E-state index in [0.29, 0.717) is 19.8 Å². The quantitative estimate of drug-likeness (QED) is 0.437. The third kappa shape index (κ3) is 6.43. The molecule has 0 aliphatic carbocycles. The summed E-state index contributed by atoms with van der Waals surface area (Å²) in [6.07, 6.45) is 6.08. The van der Waals surface area contributed by atoms with E-state index in [9.17, 15) is 0 Å². The fourth-order valence-corrected chi connectivity index (χ4v) is 3.90. The van der Waals surface area contributed by atoms with Gasteiger partial charge >= 0.3 is 8.80 Å². The van der Waals surface area contributed by atoms with Crippen LogP contribution in [0.3, 0.4) is 0 Å². The summed E-state index contributed by atoms with van der Waals surface area (Å²) in [6, 6.07) is 0.775. The molecule has 0 amide bonds. The van der Waals surface area contributed by atoms with Gasteiger partial charge in [-0.3, -0.25) is 0 Å². The Hall–Kier alpha value is -0.163. The molecule has 0 unspecified atom stereocenters. The van der Waals surface area contributed by atoms with Crippen LogP contribution in [0.15, 0.2) is 12.2 Å². The van der Waals surface area contributed by atoms with Crippen LogP contribution in [0.4, 0.5) is 0 Å². The fraction of sp³-hybridized carbons (Fsp3) is 0.833. The lowest BCUT2D eigenvalue weighted by atomic mass is 10.5. The highest BCUT2D eigenvalue weighted by Crippen LogP contribution is 2.17. The molecule has 96 valence electrons. The molecule has 0 aromatic rings. The van der Waals surface area contributed by atoms with Gasteiger partial charge in [-0.15, -0.1) is 0 Å². The monoisotopic (exact) mass is 246 g/mol. The molecular formula is C12H26O3Si. The second-order valence-electron chi connectivity index (χ2n) is 3.59. The smallest absolute Gasteiger partial charge is 0.374 e. The highest BCUT2D eigenvalue weighted by molar-refractivity contribution is 6.61. The topological polar surface area (TPSA) is 27.7 Å². The summed E-state index contributed by atoms with van der Waals surface area (Å²) in [4.78, 5) is 0. The molecule has 0 aromatic heterocycles. The molecule has 0 aliphatic heterocycles. The van der Waals surface area contributed by atoms with Crippen LogP contribution < -0.4 is 0 Å². The Balaban J connectivity index is 4.44. The maximum Gasteiger partial charge on any atom is 0.504 e. The van der Waals surface area contributed by atoms with Crippen LogP contribution in [-0.2, 0) is 13.3 Å². The van der Waals surface area contributed by atoms with E-state index < -0.39 is 8.80 Å². The molecule has 0 bridgehead atoms. The number of hydrogen-bond acceptors (Lipinski definition) is 3. The van der Waals surface area contributed by atoms with Gasteiger partial charge in [0.15, 0.2) is 0 Å². The van der Waals surface area contributed by atoms with Gasteiger partial charge in [0, 0.05) is 25.9 Å². The Labute approximate surface area is 101 Å². The summed E-state index contributed by atoms with van der Waals surface area (Å²) in [5, 5.41) is 0. The zero-order valence-corrected chi connectivity index (χ0v) is 12.1. The van der Waals surface area contributed by atoms with Gasteiger partial charge in [-0.25, -0.2) is 0 Å². The average Bonchev–Trinajstić information content (AvgIpc) is 2.31. The number of hydrogen-bond donors (Lipinski definition) is 0. The average molecular weight is 246 g/mol. The molecule has 16 heavy (non-hydrogen) atoms. The van der Waals surface area contributed by atoms with Gasteiger partial charge in [-0.05, 0) is 26.7 Å². The van der Waals surface area contributed by atoms with Crippen molar-refractivity contribution in [1.82, 2.24) is 0 Å². The van der Waals surface area contributed by atoms with E-state index in [0.717, 1.165) is 18.9 Å². The number of rotatable bonds is 10. The second kappa shape index (κ2) is 10.0. The largest absolute Gasteiger partial charge is 0.504 e. The molecule has 0 aromatic carbocycles. The molecule has 4 heteroatoms. The standard InChI is InChI=1S/C12H26O3Si/c1-5-9-12-16(13-8-4,14-10-6-2)15-11-7-3/h5,9H,6-8,10-12H2,1-4H3. The van der Waals surface area contributed by atoms with Gasteiger partial charge in [0.05, 0.1) is 0 Å². The molecule has 0 saturated heterocycles. The summed E-state index contributed by atoms with van der Waals surface area (Å²) in [7, 11) is -2.45. The molecule has 0 N–H and O–H groups in total. The Morgan fingerprint density at radius 2 is 1.50 bits per heavy atom. The van der Waals surface area contributed by atoms with Crippen molar-refractivity contribution in [2.24, 2.45) is 0 Å². The van der Waals surface area contributed by atoms with Crippen molar-refractivity contribution in [2.75, 3.05) is 19.8 Å². The predicted molar refractivity (Wildman–Crippen MR) is 69.5 cm³/mol. The van der Waals surface area contributed by atoms with Crippen molar-refractivity contribution >= 4 is 8.80 Å². The van der Waals surface area contributed by atoms with E-state index >= 15 is 0 Å². The van der Waals surface area contributed by atoms with Gasteiger partial charge in [0.25, 0.3) is 0 Å². The molecule has 0 rings (SSSR count). The molecule has 0 aliphatic rings. The molecule has 0 radical (unpaired) electrons. The first-order valence-electron chi connectivity index (χ1n) is 6.27. The van der Waals surface area contributed by atoms with E-state index in [1.807, 2.05) is 19.9 Å². The highest BCUT2D eigenvalue weighted by Gasteiger charge is 2.39. The van der Waals surface area contributed by atoms with Crippen molar-refractivity contribution in [1.29, 1.82) is 0 Å². The summed E-state index contributed by atoms with van der Waals surface area (Å²) < 4.78 is 17.5. The van der Waals surface area contributed by atoms with Crippen molar-refractivity contribution < 1.29 is 13.3 Å². The van der Waals surface area contributed by atoms with E-state index in [1.165, 1.54) is 0 Å². The minimum atomic E-state index is -2.45. The van der Waals surface area contributed by atoms with Crippen molar-refractivity contribution in [3.05, 3.63) is 12.2 Å². The lowest BCUT2D eigenvalue weighted by Crippen LogP contribution is -2.45. The Kier molecular flexibility index (Phi) is 9.92. The van der Waals surface area contributed by atoms with Crippen molar-refractivity contribution in [2.45, 2.75) is 46.6 Å².